The van der Waals surface area contributed by atoms with Crippen LogP contribution in [0.2, 0.25) is 0 Å². The molecule has 0 aliphatic heterocycles. The van der Waals surface area contributed by atoms with Crippen molar-refractivity contribution in [2.45, 2.75) is 65.2 Å². The zero-order chi connectivity index (χ0) is 12.3. The fourth-order valence-electron chi connectivity index (χ4n) is 6.89. The molecule has 0 nitrogen and oxygen atoms in total. The summed E-state index contributed by atoms with van der Waals surface area (Å²) in [5.74, 6) is 8.86. The smallest absolute Gasteiger partial charge is 0.0352 e. The van der Waals surface area contributed by atoms with Crippen molar-refractivity contribution in [2.24, 2.45) is 47.3 Å². The van der Waals surface area contributed by atoms with Crippen molar-refractivity contribution in [3.63, 3.8) is 0 Å². The quantitative estimate of drug-likeness (QED) is 0.633. The Balaban J connectivity index is 1.50. The minimum absolute atomic E-state index is 1.04. The van der Waals surface area contributed by atoms with Crippen molar-refractivity contribution in [1.29, 1.82) is 0 Å². The summed E-state index contributed by atoms with van der Waals surface area (Å²) in [5.41, 5.74) is 0. The number of fused-ring (bicyclic) bond motifs is 3. The fraction of sp³-hybridized carbons (Fsp3) is 1.00. The van der Waals surface area contributed by atoms with Gasteiger partial charge >= 0.3 is 0 Å². The number of hydrogen-bond donors (Lipinski definition) is 0. The first kappa shape index (κ1) is 11.8. The van der Waals surface area contributed by atoms with Crippen LogP contribution < -0.4 is 0 Å². The minimum Gasteiger partial charge on any atom is -0.0622 e. The highest BCUT2D eigenvalue weighted by Gasteiger charge is 2.50. The molecule has 4 saturated carbocycles. The highest BCUT2D eigenvalue weighted by Crippen LogP contribution is 2.58. The Bertz CT molecular complexity index is 320. The third-order valence-corrected chi connectivity index (χ3v) is 7.69. The van der Waals surface area contributed by atoms with Gasteiger partial charge in [0.25, 0.3) is 0 Å². The Morgan fingerprint density at radius 2 is 1.67 bits per heavy atom. The van der Waals surface area contributed by atoms with Crippen LogP contribution in [0.1, 0.15) is 65.2 Å². The molecule has 8 unspecified atom stereocenters. The van der Waals surface area contributed by atoms with E-state index in [1.165, 1.54) is 0 Å². The van der Waals surface area contributed by atoms with E-state index in [4.69, 9.17) is 0 Å². The molecular formula is C18H30. The SMILES string of the molecule is CC1CC(C(C)C2CC3CCC2C3)C2CCCC12. The highest BCUT2D eigenvalue weighted by molar-refractivity contribution is 4.99. The molecule has 0 saturated heterocycles. The molecule has 0 aromatic heterocycles. The maximum Gasteiger partial charge on any atom is -0.0352 e. The summed E-state index contributed by atoms with van der Waals surface area (Å²) in [4.78, 5) is 0. The summed E-state index contributed by atoms with van der Waals surface area (Å²) in [6, 6.07) is 0. The van der Waals surface area contributed by atoms with Gasteiger partial charge in [-0.25, -0.2) is 0 Å². The van der Waals surface area contributed by atoms with Gasteiger partial charge in [-0.2, -0.15) is 0 Å². The van der Waals surface area contributed by atoms with Gasteiger partial charge in [-0.15, -0.1) is 0 Å². The second-order valence-electron chi connectivity index (χ2n) is 8.33. The van der Waals surface area contributed by atoms with Crippen molar-refractivity contribution in [3.05, 3.63) is 0 Å². The van der Waals surface area contributed by atoms with Gasteiger partial charge in [-0.3, -0.25) is 0 Å². The number of hydrogen-bond acceptors (Lipinski definition) is 0. The summed E-state index contributed by atoms with van der Waals surface area (Å²) >= 11 is 0. The predicted molar refractivity (Wildman–Crippen MR) is 76.2 cm³/mol. The zero-order valence-corrected chi connectivity index (χ0v) is 12.3. The Hall–Kier alpha value is 0. The van der Waals surface area contributed by atoms with Crippen LogP contribution in [0.5, 0.6) is 0 Å². The third-order valence-electron chi connectivity index (χ3n) is 7.69. The van der Waals surface area contributed by atoms with E-state index in [0.29, 0.717) is 0 Å². The molecule has 0 aromatic carbocycles. The first-order valence-electron chi connectivity index (χ1n) is 8.74. The molecule has 0 amide bonds. The molecule has 0 N–H and O–H groups in total. The second-order valence-corrected chi connectivity index (χ2v) is 8.33. The van der Waals surface area contributed by atoms with E-state index in [1.54, 1.807) is 51.4 Å². The van der Waals surface area contributed by atoms with Crippen LogP contribution in [0.15, 0.2) is 0 Å². The molecule has 4 rings (SSSR count). The molecule has 0 aromatic rings. The van der Waals surface area contributed by atoms with Crippen LogP contribution in [0.4, 0.5) is 0 Å². The second kappa shape index (κ2) is 4.25. The molecule has 0 heteroatoms. The molecule has 0 heterocycles. The Kier molecular flexibility index (Phi) is 2.79. The van der Waals surface area contributed by atoms with Gasteiger partial charge in [0, 0.05) is 0 Å². The van der Waals surface area contributed by atoms with E-state index < -0.39 is 0 Å². The summed E-state index contributed by atoms with van der Waals surface area (Å²) in [7, 11) is 0. The normalized spacial score (nSPS) is 56.0. The molecule has 18 heavy (non-hydrogen) atoms. The molecule has 0 spiro atoms. The van der Waals surface area contributed by atoms with Crippen LogP contribution in [-0.4, -0.2) is 0 Å². The van der Waals surface area contributed by atoms with Crippen LogP contribution in [0.25, 0.3) is 0 Å². The van der Waals surface area contributed by atoms with Crippen LogP contribution in [0.3, 0.4) is 0 Å². The molecule has 4 aliphatic rings. The molecule has 4 fully saturated rings. The first-order valence-corrected chi connectivity index (χ1v) is 8.74. The minimum atomic E-state index is 1.04. The van der Waals surface area contributed by atoms with E-state index in [-0.39, 0.29) is 0 Å². The first-order chi connectivity index (χ1) is 8.74. The molecule has 0 radical (unpaired) electrons. The number of rotatable bonds is 2. The van der Waals surface area contributed by atoms with Crippen molar-refractivity contribution in [1.82, 2.24) is 0 Å². The topological polar surface area (TPSA) is 0 Å². The average molecular weight is 246 g/mol. The molecule has 102 valence electrons. The summed E-state index contributed by atoms with van der Waals surface area (Å²) < 4.78 is 0. The lowest BCUT2D eigenvalue weighted by atomic mass is 9.71. The van der Waals surface area contributed by atoms with E-state index in [2.05, 4.69) is 13.8 Å². The molecule has 4 aliphatic carbocycles. The molecule has 8 atom stereocenters. The lowest BCUT2D eigenvalue weighted by molar-refractivity contribution is 0.143. The summed E-state index contributed by atoms with van der Waals surface area (Å²) in [6.07, 6.45) is 12.6. The lowest BCUT2D eigenvalue weighted by Gasteiger charge is -2.34. The van der Waals surface area contributed by atoms with Crippen molar-refractivity contribution in [2.75, 3.05) is 0 Å². The van der Waals surface area contributed by atoms with Crippen molar-refractivity contribution in [3.8, 4) is 0 Å². The van der Waals surface area contributed by atoms with Gasteiger partial charge in [0.1, 0.15) is 0 Å². The van der Waals surface area contributed by atoms with Gasteiger partial charge in [0.15, 0.2) is 0 Å². The molecular weight excluding hydrogens is 216 g/mol. The summed E-state index contributed by atoms with van der Waals surface area (Å²) in [6.45, 7) is 5.19. The largest absolute Gasteiger partial charge is 0.0622 e. The maximum absolute atomic E-state index is 2.64. The van der Waals surface area contributed by atoms with E-state index in [9.17, 15) is 0 Å². The van der Waals surface area contributed by atoms with Gasteiger partial charge < -0.3 is 0 Å². The van der Waals surface area contributed by atoms with E-state index in [1.807, 2.05) is 0 Å². The third kappa shape index (κ3) is 1.63. The van der Waals surface area contributed by atoms with Gasteiger partial charge in [-0.1, -0.05) is 26.7 Å². The van der Waals surface area contributed by atoms with Gasteiger partial charge in [0.05, 0.1) is 0 Å². The monoisotopic (exact) mass is 246 g/mol. The predicted octanol–water partition coefficient (Wildman–Crippen LogP) is 5.13. The van der Waals surface area contributed by atoms with Crippen molar-refractivity contribution < 1.29 is 0 Å². The Morgan fingerprint density at radius 1 is 0.833 bits per heavy atom. The lowest BCUT2D eigenvalue weighted by Crippen LogP contribution is -2.27. The van der Waals surface area contributed by atoms with Gasteiger partial charge in [0.2, 0.25) is 0 Å². The summed E-state index contributed by atoms with van der Waals surface area (Å²) in [5, 5.41) is 0. The van der Waals surface area contributed by atoms with Crippen LogP contribution in [0, 0.1) is 47.3 Å². The van der Waals surface area contributed by atoms with Crippen molar-refractivity contribution >= 4 is 0 Å². The Labute approximate surface area is 113 Å². The zero-order valence-electron chi connectivity index (χ0n) is 12.3. The van der Waals surface area contributed by atoms with Gasteiger partial charge in [-0.05, 0) is 85.9 Å². The molecule has 2 bridgehead atoms. The maximum atomic E-state index is 2.64. The van der Waals surface area contributed by atoms with E-state index in [0.717, 1.165) is 47.3 Å². The average Bonchev–Trinajstić information content (AvgIpc) is 3.09. The standard InChI is InChI=1S/C18H30/c1-11-8-18(16-5-3-4-15(11)16)12(2)17-10-13-6-7-14(17)9-13/h11-18H,3-10H2,1-2H3. The Morgan fingerprint density at radius 3 is 2.39 bits per heavy atom. The van der Waals surface area contributed by atoms with Crippen LogP contribution >= 0.6 is 0 Å². The van der Waals surface area contributed by atoms with Crippen LogP contribution in [-0.2, 0) is 0 Å². The highest BCUT2D eigenvalue weighted by atomic mass is 14.5. The fourth-order valence-corrected chi connectivity index (χ4v) is 6.89. The van der Waals surface area contributed by atoms with E-state index >= 15 is 0 Å².